The highest BCUT2D eigenvalue weighted by Crippen LogP contribution is 2.22. The molecular formula is C14H21NO. The molecule has 0 radical (unpaired) electrons. The Bertz CT molecular complexity index is 382. The van der Waals surface area contributed by atoms with Crippen LogP contribution in [0.5, 0.6) is 5.75 Å². The summed E-state index contributed by atoms with van der Waals surface area (Å²) < 4.78 is 5.25. The van der Waals surface area contributed by atoms with Crippen molar-refractivity contribution in [3.05, 3.63) is 41.1 Å². The number of hydrogen-bond acceptors (Lipinski definition) is 2. The minimum atomic E-state index is 0.320. The summed E-state index contributed by atoms with van der Waals surface area (Å²) in [6, 6.07) is 6.61. The van der Waals surface area contributed by atoms with Gasteiger partial charge < -0.3 is 10.1 Å². The SMILES string of the molecule is C/C=C(\C)NC(C)c1ccc(OC)c(C)c1. The zero-order chi connectivity index (χ0) is 12.1. The van der Waals surface area contributed by atoms with Crippen LogP contribution < -0.4 is 10.1 Å². The monoisotopic (exact) mass is 219 g/mol. The lowest BCUT2D eigenvalue weighted by atomic mass is 10.0. The predicted molar refractivity (Wildman–Crippen MR) is 68.7 cm³/mol. The van der Waals surface area contributed by atoms with Crippen LogP contribution in [0.4, 0.5) is 0 Å². The molecule has 1 N–H and O–H groups in total. The van der Waals surface area contributed by atoms with Crippen molar-refractivity contribution in [1.82, 2.24) is 5.32 Å². The molecule has 0 spiro atoms. The van der Waals surface area contributed by atoms with Gasteiger partial charge in [0.15, 0.2) is 0 Å². The van der Waals surface area contributed by atoms with Crippen molar-refractivity contribution < 1.29 is 4.74 Å². The molecule has 1 unspecified atom stereocenters. The van der Waals surface area contributed by atoms with Crippen LogP contribution in [0.3, 0.4) is 0 Å². The lowest BCUT2D eigenvalue weighted by Crippen LogP contribution is -2.16. The molecule has 0 aliphatic carbocycles. The van der Waals surface area contributed by atoms with Gasteiger partial charge in [0, 0.05) is 11.7 Å². The van der Waals surface area contributed by atoms with Crippen LogP contribution in [0.15, 0.2) is 30.0 Å². The number of methoxy groups -OCH3 is 1. The summed E-state index contributed by atoms with van der Waals surface area (Å²) in [7, 11) is 1.70. The Kier molecular flexibility index (Phi) is 4.41. The first-order chi connectivity index (χ1) is 7.58. The first kappa shape index (κ1) is 12.6. The number of allylic oxidation sites excluding steroid dienone is 2. The minimum absolute atomic E-state index is 0.320. The van der Waals surface area contributed by atoms with E-state index < -0.39 is 0 Å². The van der Waals surface area contributed by atoms with E-state index in [2.05, 4.69) is 44.3 Å². The van der Waals surface area contributed by atoms with Gasteiger partial charge in [-0.2, -0.15) is 0 Å². The Balaban J connectivity index is 2.84. The summed E-state index contributed by atoms with van der Waals surface area (Å²) in [5.41, 5.74) is 3.65. The number of aryl methyl sites for hydroxylation is 1. The van der Waals surface area contributed by atoms with Crippen molar-refractivity contribution in [2.45, 2.75) is 33.7 Å². The first-order valence-electron chi connectivity index (χ1n) is 5.62. The van der Waals surface area contributed by atoms with E-state index in [4.69, 9.17) is 4.74 Å². The van der Waals surface area contributed by atoms with E-state index in [0.717, 1.165) is 5.75 Å². The van der Waals surface area contributed by atoms with E-state index in [-0.39, 0.29) is 0 Å². The fourth-order valence-electron chi connectivity index (χ4n) is 1.68. The van der Waals surface area contributed by atoms with Crippen LogP contribution in [-0.4, -0.2) is 7.11 Å². The highest BCUT2D eigenvalue weighted by molar-refractivity contribution is 5.37. The van der Waals surface area contributed by atoms with Crippen LogP contribution in [0.1, 0.15) is 37.9 Å². The fraction of sp³-hybridized carbons (Fsp3) is 0.429. The van der Waals surface area contributed by atoms with Crippen molar-refractivity contribution in [3.63, 3.8) is 0 Å². The van der Waals surface area contributed by atoms with Gasteiger partial charge in [-0.05, 0) is 44.9 Å². The van der Waals surface area contributed by atoms with E-state index in [1.807, 2.05) is 13.0 Å². The van der Waals surface area contributed by atoms with Gasteiger partial charge in [0.05, 0.1) is 7.11 Å². The standard InChI is InChI=1S/C14H21NO/c1-6-11(3)15-12(4)13-7-8-14(16-5)10(2)9-13/h6-9,12,15H,1-5H3/b11-6+. The molecule has 1 atom stereocenters. The van der Waals surface area contributed by atoms with Gasteiger partial charge >= 0.3 is 0 Å². The molecule has 0 saturated heterocycles. The third-order valence-electron chi connectivity index (χ3n) is 2.80. The van der Waals surface area contributed by atoms with Gasteiger partial charge in [0.25, 0.3) is 0 Å². The molecule has 0 aliphatic rings. The van der Waals surface area contributed by atoms with Crippen LogP contribution in [-0.2, 0) is 0 Å². The Labute approximate surface area is 98.3 Å². The van der Waals surface area contributed by atoms with Crippen LogP contribution in [0.25, 0.3) is 0 Å². The third-order valence-corrected chi connectivity index (χ3v) is 2.80. The van der Waals surface area contributed by atoms with E-state index in [9.17, 15) is 0 Å². The van der Waals surface area contributed by atoms with E-state index in [1.165, 1.54) is 16.8 Å². The van der Waals surface area contributed by atoms with Crippen molar-refractivity contribution in [3.8, 4) is 5.75 Å². The van der Waals surface area contributed by atoms with Gasteiger partial charge in [-0.3, -0.25) is 0 Å². The molecule has 1 aromatic rings. The Morgan fingerprint density at radius 1 is 1.44 bits per heavy atom. The van der Waals surface area contributed by atoms with Crippen LogP contribution in [0, 0.1) is 6.92 Å². The summed E-state index contributed by atoms with van der Waals surface area (Å²) in [6.45, 7) is 8.34. The van der Waals surface area contributed by atoms with Crippen molar-refractivity contribution in [1.29, 1.82) is 0 Å². The molecule has 0 amide bonds. The summed E-state index contributed by atoms with van der Waals surface area (Å²) >= 11 is 0. The summed E-state index contributed by atoms with van der Waals surface area (Å²) in [6.07, 6.45) is 2.08. The lowest BCUT2D eigenvalue weighted by molar-refractivity contribution is 0.411. The number of hydrogen-bond donors (Lipinski definition) is 1. The lowest BCUT2D eigenvalue weighted by Gasteiger charge is -2.17. The highest BCUT2D eigenvalue weighted by atomic mass is 16.5. The molecule has 1 rings (SSSR count). The van der Waals surface area contributed by atoms with Gasteiger partial charge in [-0.25, -0.2) is 0 Å². The third kappa shape index (κ3) is 3.02. The van der Waals surface area contributed by atoms with Gasteiger partial charge in [0.2, 0.25) is 0 Å². The number of ether oxygens (including phenoxy) is 1. The van der Waals surface area contributed by atoms with Crippen molar-refractivity contribution in [2.75, 3.05) is 7.11 Å². The molecular weight excluding hydrogens is 198 g/mol. The smallest absolute Gasteiger partial charge is 0.121 e. The second kappa shape index (κ2) is 5.59. The normalized spacial score (nSPS) is 13.4. The number of benzene rings is 1. The zero-order valence-corrected chi connectivity index (χ0v) is 10.8. The van der Waals surface area contributed by atoms with Crippen molar-refractivity contribution in [2.24, 2.45) is 0 Å². The molecule has 0 heterocycles. The molecule has 2 heteroatoms. The fourth-order valence-corrected chi connectivity index (χ4v) is 1.68. The highest BCUT2D eigenvalue weighted by Gasteiger charge is 2.06. The molecule has 1 aromatic carbocycles. The summed E-state index contributed by atoms with van der Waals surface area (Å²) in [5, 5.41) is 3.43. The Hall–Kier alpha value is -1.44. The van der Waals surface area contributed by atoms with E-state index in [0.29, 0.717) is 6.04 Å². The molecule has 0 aromatic heterocycles. The topological polar surface area (TPSA) is 21.3 Å². The molecule has 0 aliphatic heterocycles. The summed E-state index contributed by atoms with van der Waals surface area (Å²) in [4.78, 5) is 0. The van der Waals surface area contributed by atoms with Gasteiger partial charge in [-0.15, -0.1) is 0 Å². The maximum absolute atomic E-state index is 5.25. The minimum Gasteiger partial charge on any atom is -0.496 e. The maximum atomic E-state index is 5.25. The maximum Gasteiger partial charge on any atom is 0.121 e. The second-order valence-corrected chi connectivity index (χ2v) is 4.07. The largest absolute Gasteiger partial charge is 0.496 e. The van der Waals surface area contributed by atoms with E-state index in [1.54, 1.807) is 7.11 Å². The van der Waals surface area contributed by atoms with Gasteiger partial charge in [0.1, 0.15) is 5.75 Å². The quantitative estimate of drug-likeness (QED) is 0.835. The first-order valence-corrected chi connectivity index (χ1v) is 5.62. The average Bonchev–Trinajstić information content (AvgIpc) is 2.28. The average molecular weight is 219 g/mol. The van der Waals surface area contributed by atoms with E-state index >= 15 is 0 Å². The Morgan fingerprint density at radius 3 is 2.62 bits per heavy atom. The molecule has 0 saturated carbocycles. The molecule has 2 nitrogen and oxygen atoms in total. The molecule has 16 heavy (non-hydrogen) atoms. The molecule has 0 fully saturated rings. The second-order valence-electron chi connectivity index (χ2n) is 4.07. The predicted octanol–water partition coefficient (Wildman–Crippen LogP) is 3.58. The molecule has 88 valence electrons. The molecule has 0 bridgehead atoms. The number of nitrogens with one attached hydrogen (secondary N) is 1. The zero-order valence-electron chi connectivity index (χ0n) is 10.8. The van der Waals surface area contributed by atoms with Crippen LogP contribution in [0.2, 0.25) is 0 Å². The van der Waals surface area contributed by atoms with Gasteiger partial charge in [-0.1, -0.05) is 18.2 Å². The summed E-state index contributed by atoms with van der Waals surface area (Å²) in [5.74, 6) is 0.943. The van der Waals surface area contributed by atoms with Crippen molar-refractivity contribution >= 4 is 0 Å². The Morgan fingerprint density at radius 2 is 2.12 bits per heavy atom. The van der Waals surface area contributed by atoms with Crippen LogP contribution >= 0.6 is 0 Å². The number of rotatable bonds is 4.